The van der Waals surface area contributed by atoms with E-state index in [-0.39, 0.29) is 0 Å². The van der Waals surface area contributed by atoms with Crippen LogP contribution in [0.2, 0.25) is 0 Å². The second-order valence-electron chi connectivity index (χ2n) is 3.13. The summed E-state index contributed by atoms with van der Waals surface area (Å²) in [6.45, 7) is 6.18. The van der Waals surface area contributed by atoms with Crippen LogP contribution < -0.4 is 10.1 Å². The van der Waals surface area contributed by atoms with E-state index in [2.05, 4.69) is 27.8 Å². The summed E-state index contributed by atoms with van der Waals surface area (Å²) in [5, 5.41) is 3.26. The van der Waals surface area contributed by atoms with Gasteiger partial charge < -0.3 is 10.1 Å². The highest BCUT2D eigenvalue weighted by molar-refractivity contribution is 9.10. The minimum atomic E-state index is 0.693. The van der Waals surface area contributed by atoms with E-state index in [1.165, 1.54) is 0 Å². The van der Waals surface area contributed by atoms with Gasteiger partial charge in [0.05, 0.1) is 0 Å². The fourth-order valence-electron chi connectivity index (χ4n) is 1.10. The van der Waals surface area contributed by atoms with Gasteiger partial charge in [0.1, 0.15) is 12.4 Å². The Hall–Kier alpha value is -0.800. The molecule has 0 unspecified atom stereocenters. The molecule has 0 saturated heterocycles. The molecular weight excluding hydrogens is 254 g/mol. The van der Waals surface area contributed by atoms with Crippen molar-refractivity contribution >= 4 is 15.9 Å². The maximum absolute atomic E-state index is 5.53. The Balaban J connectivity index is 2.09. The summed E-state index contributed by atoms with van der Waals surface area (Å²) in [5.74, 6) is 0.906. The topological polar surface area (TPSA) is 21.3 Å². The normalized spacial score (nSPS) is 9.93. The van der Waals surface area contributed by atoms with Crippen LogP contribution in [0.5, 0.6) is 5.75 Å². The predicted octanol–water partition coefficient (Wildman–Crippen LogP) is 2.99. The molecule has 0 aromatic heterocycles. The molecular formula is C12H16BrNO. The van der Waals surface area contributed by atoms with Crippen LogP contribution in [0, 0.1) is 0 Å². The molecule has 0 atom stereocenters. The van der Waals surface area contributed by atoms with Gasteiger partial charge in [-0.3, -0.25) is 0 Å². The Labute approximate surface area is 99.5 Å². The minimum absolute atomic E-state index is 0.693. The molecule has 2 nitrogen and oxygen atoms in total. The molecule has 0 saturated carbocycles. The average Bonchev–Trinajstić information content (AvgIpc) is 2.26. The van der Waals surface area contributed by atoms with Crippen molar-refractivity contribution < 1.29 is 4.74 Å². The number of rotatable bonds is 7. The van der Waals surface area contributed by atoms with Gasteiger partial charge in [-0.15, -0.1) is 6.58 Å². The average molecular weight is 270 g/mol. The SMILES string of the molecule is C=CCCNCCOc1ccc(Br)cc1. The number of ether oxygens (including phenoxy) is 1. The molecule has 15 heavy (non-hydrogen) atoms. The van der Waals surface area contributed by atoms with E-state index >= 15 is 0 Å². The molecule has 82 valence electrons. The molecule has 0 heterocycles. The summed E-state index contributed by atoms with van der Waals surface area (Å²) in [5.41, 5.74) is 0. The monoisotopic (exact) mass is 269 g/mol. The first-order chi connectivity index (χ1) is 7.33. The van der Waals surface area contributed by atoms with Crippen LogP contribution in [0.4, 0.5) is 0 Å². The molecule has 0 aliphatic carbocycles. The van der Waals surface area contributed by atoms with Gasteiger partial charge in [0, 0.05) is 11.0 Å². The van der Waals surface area contributed by atoms with Crippen molar-refractivity contribution in [2.75, 3.05) is 19.7 Å². The zero-order chi connectivity index (χ0) is 10.9. The Bertz CT molecular complexity index is 284. The molecule has 0 fully saturated rings. The van der Waals surface area contributed by atoms with Crippen molar-refractivity contribution in [1.82, 2.24) is 5.32 Å². The maximum Gasteiger partial charge on any atom is 0.119 e. The zero-order valence-corrected chi connectivity index (χ0v) is 10.3. The zero-order valence-electron chi connectivity index (χ0n) is 8.71. The molecule has 0 bridgehead atoms. The lowest BCUT2D eigenvalue weighted by atomic mass is 10.3. The van der Waals surface area contributed by atoms with Crippen molar-refractivity contribution in [3.05, 3.63) is 41.4 Å². The van der Waals surface area contributed by atoms with E-state index < -0.39 is 0 Å². The fourth-order valence-corrected chi connectivity index (χ4v) is 1.37. The summed E-state index contributed by atoms with van der Waals surface area (Å²) in [6, 6.07) is 7.85. The largest absolute Gasteiger partial charge is 0.492 e. The predicted molar refractivity (Wildman–Crippen MR) is 67.3 cm³/mol. The van der Waals surface area contributed by atoms with Gasteiger partial charge in [-0.05, 0) is 37.2 Å². The Kier molecular flexibility index (Phi) is 6.12. The van der Waals surface area contributed by atoms with E-state index in [0.29, 0.717) is 6.61 Å². The lowest BCUT2D eigenvalue weighted by Crippen LogP contribution is -2.21. The first-order valence-corrected chi connectivity index (χ1v) is 5.82. The lowest BCUT2D eigenvalue weighted by molar-refractivity contribution is 0.314. The first-order valence-electron chi connectivity index (χ1n) is 5.03. The second kappa shape index (κ2) is 7.49. The van der Waals surface area contributed by atoms with Crippen LogP contribution in [-0.2, 0) is 0 Å². The third-order valence-corrected chi connectivity index (χ3v) is 2.42. The molecule has 0 aliphatic heterocycles. The van der Waals surface area contributed by atoms with Gasteiger partial charge in [-0.2, -0.15) is 0 Å². The molecule has 0 aliphatic rings. The Morgan fingerprint density at radius 1 is 1.27 bits per heavy atom. The van der Waals surface area contributed by atoms with Gasteiger partial charge in [-0.1, -0.05) is 22.0 Å². The van der Waals surface area contributed by atoms with Gasteiger partial charge in [0.25, 0.3) is 0 Å². The van der Waals surface area contributed by atoms with E-state index in [0.717, 1.165) is 29.7 Å². The summed E-state index contributed by atoms with van der Waals surface area (Å²) in [6.07, 6.45) is 2.90. The quantitative estimate of drug-likeness (QED) is 0.607. The molecule has 3 heteroatoms. The van der Waals surface area contributed by atoms with Crippen molar-refractivity contribution in [3.8, 4) is 5.75 Å². The minimum Gasteiger partial charge on any atom is -0.492 e. The molecule has 1 aromatic rings. The third kappa shape index (κ3) is 5.60. The van der Waals surface area contributed by atoms with Gasteiger partial charge in [0.2, 0.25) is 0 Å². The second-order valence-corrected chi connectivity index (χ2v) is 4.05. The number of hydrogen-bond acceptors (Lipinski definition) is 2. The molecule has 0 radical (unpaired) electrons. The summed E-state index contributed by atoms with van der Waals surface area (Å²) in [7, 11) is 0. The highest BCUT2D eigenvalue weighted by Gasteiger charge is 1.92. The Morgan fingerprint density at radius 3 is 2.67 bits per heavy atom. The van der Waals surface area contributed by atoms with Crippen LogP contribution in [0.15, 0.2) is 41.4 Å². The molecule has 1 rings (SSSR count). The third-order valence-electron chi connectivity index (χ3n) is 1.89. The Morgan fingerprint density at radius 2 is 2.00 bits per heavy atom. The highest BCUT2D eigenvalue weighted by Crippen LogP contribution is 2.15. The van der Waals surface area contributed by atoms with Crippen LogP contribution in [0.3, 0.4) is 0 Å². The van der Waals surface area contributed by atoms with E-state index in [1.54, 1.807) is 0 Å². The molecule has 0 spiro atoms. The van der Waals surface area contributed by atoms with Crippen molar-refractivity contribution in [1.29, 1.82) is 0 Å². The van der Waals surface area contributed by atoms with Crippen molar-refractivity contribution in [2.24, 2.45) is 0 Å². The summed E-state index contributed by atoms with van der Waals surface area (Å²) < 4.78 is 6.60. The van der Waals surface area contributed by atoms with Crippen molar-refractivity contribution in [3.63, 3.8) is 0 Å². The van der Waals surface area contributed by atoms with E-state index in [9.17, 15) is 0 Å². The van der Waals surface area contributed by atoms with E-state index in [1.807, 2.05) is 30.3 Å². The van der Waals surface area contributed by atoms with Gasteiger partial charge >= 0.3 is 0 Å². The lowest BCUT2D eigenvalue weighted by Gasteiger charge is -2.06. The van der Waals surface area contributed by atoms with Crippen LogP contribution >= 0.6 is 15.9 Å². The first kappa shape index (κ1) is 12.3. The van der Waals surface area contributed by atoms with Crippen LogP contribution in [0.25, 0.3) is 0 Å². The maximum atomic E-state index is 5.53. The molecule has 0 amide bonds. The number of halogens is 1. The van der Waals surface area contributed by atoms with Gasteiger partial charge in [-0.25, -0.2) is 0 Å². The fraction of sp³-hybridized carbons (Fsp3) is 0.333. The van der Waals surface area contributed by atoms with E-state index in [4.69, 9.17) is 4.74 Å². The summed E-state index contributed by atoms with van der Waals surface area (Å²) in [4.78, 5) is 0. The molecule has 1 aromatic carbocycles. The molecule has 1 N–H and O–H groups in total. The smallest absolute Gasteiger partial charge is 0.119 e. The van der Waals surface area contributed by atoms with Crippen molar-refractivity contribution in [2.45, 2.75) is 6.42 Å². The number of hydrogen-bond donors (Lipinski definition) is 1. The van der Waals surface area contributed by atoms with Gasteiger partial charge in [0.15, 0.2) is 0 Å². The van der Waals surface area contributed by atoms with Crippen LogP contribution in [-0.4, -0.2) is 19.7 Å². The number of benzene rings is 1. The van der Waals surface area contributed by atoms with Crippen LogP contribution in [0.1, 0.15) is 6.42 Å². The summed E-state index contributed by atoms with van der Waals surface area (Å²) >= 11 is 3.38. The highest BCUT2D eigenvalue weighted by atomic mass is 79.9. The number of nitrogens with one attached hydrogen (secondary N) is 1. The standard InChI is InChI=1S/C12H16BrNO/c1-2-3-8-14-9-10-15-12-6-4-11(13)5-7-12/h2,4-7,14H,1,3,8-10H2.